The van der Waals surface area contributed by atoms with Gasteiger partial charge in [0.2, 0.25) is 0 Å². The fourth-order valence-electron chi connectivity index (χ4n) is 1.74. The van der Waals surface area contributed by atoms with Crippen LogP contribution in [0.2, 0.25) is 0 Å². The molecule has 2 aromatic rings. The summed E-state index contributed by atoms with van der Waals surface area (Å²) < 4.78 is 0. The first-order chi connectivity index (χ1) is 8.19. The van der Waals surface area contributed by atoms with Crippen molar-refractivity contribution in [1.29, 1.82) is 0 Å². The minimum atomic E-state index is 0.461. The lowest BCUT2D eigenvalue weighted by Gasteiger charge is -2.05. The molecule has 0 atom stereocenters. The first-order valence-electron chi connectivity index (χ1n) is 5.76. The van der Waals surface area contributed by atoms with E-state index in [4.69, 9.17) is 5.73 Å². The average Bonchev–Trinajstić information content (AvgIpc) is 2.34. The second kappa shape index (κ2) is 5.06. The maximum absolute atomic E-state index is 5.57. The van der Waals surface area contributed by atoms with Gasteiger partial charge >= 0.3 is 0 Å². The fraction of sp³-hybridized carbons (Fsp3) is 0.286. The second-order valence-electron chi connectivity index (χ2n) is 4.26. The van der Waals surface area contributed by atoms with E-state index in [2.05, 4.69) is 42.0 Å². The van der Waals surface area contributed by atoms with Crippen LogP contribution in [-0.4, -0.2) is 9.97 Å². The molecule has 88 valence electrons. The Balaban J connectivity index is 2.22. The molecule has 3 nitrogen and oxygen atoms in total. The van der Waals surface area contributed by atoms with Crippen LogP contribution in [0.25, 0.3) is 0 Å². The number of nitrogens with zero attached hydrogens (tertiary/aromatic N) is 2. The monoisotopic (exact) mass is 227 g/mol. The van der Waals surface area contributed by atoms with Gasteiger partial charge in [-0.25, -0.2) is 9.97 Å². The first-order valence-corrected chi connectivity index (χ1v) is 5.76. The molecule has 0 aliphatic rings. The standard InChI is InChI=1S/C14H17N3/c1-10-3-4-12(7-11(10)2)8-14-16-6-5-13(9-15)17-14/h3-7H,8-9,15H2,1-2H3. The van der Waals surface area contributed by atoms with E-state index in [1.54, 1.807) is 6.20 Å². The molecule has 17 heavy (non-hydrogen) atoms. The Morgan fingerprint density at radius 1 is 1.12 bits per heavy atom. The molecule has 2 rings (SSSR count). The summed E-state index contributed by atoms with van der Waals surface area (Å²) in [4.78, 5) is 8.67. The Morgan fingerprint density at radius 2 is 1.94 bits per heavy atom. The van der Waals surface area contributed by atoms with Gasteiger partial charge in [0.25, 0.3) is 0 Å². The van der Waals surface area contributed by atoms with E-state index >= 15 is 0 Å². The van der Waals surface area contributed by atoms with Crippen LogP contribution >= 0.6 is 0 Å². The van der Waals surface area contributed by atoms with Gasteiger partial charge in [-0.05, 0) is 36.6 Å². The molecular weight excluding hydrogens is 210 g/mol. The van der Waals surface area contributed by atoms with Crippen molar-refractivity contribution < 1.29 is 0 Å². The molecule has 0 amide bonds. The van der Waals surface area contributed by atoms with Crippen molar-refractivity contribution >= 4 is 0 Å². The predicted molar refractivity (Wildman–Crippen MR) is 68.6 cm³/mol. The van der Waals surface area contributed by atoms with Crippen molar-refractivity contribution in [1.82, 2.24) is 9.97 Å². The molecule has 0 spiro atoms. The van der Waals surface area contributed by atoms with Crippen LogP contribution in [-0.2, 0) is 13.0 Å². The van der Waals surface area contributed by atoms with Gasteiger partial charge in [0.05, 0.1) is 5.69 Å². The van der Waals surface area contributed by atoms with E-state index < -0.39 is 0 Å². The molecule has 0 aliphatic heterocycles. The summed E-state index contributed by atoms with van der Waals surface area (Å²) in [5, 5.41) is 0. The highest BCUT2D eigenvalue weighted by molar-refractivity contribution is 5.31. The highest BCUT2D eigenvalue weighted by atomic mass is 14.9. The van der Waals surface area contributed by atoms with Crippen LogP contribution < -0.4 is 5.73 Å². The van der Waals surface area contributed by atoms with Gasteiger partial charge in [-0.2, -0.15) is 0 Å². The highest BCUT2D eigenvalue weighted by Crippen LogP contribution is 2.12. The summed E-state index contributed by atoms with van der Waals surface area (Å²) in [6.07, 6.45) is 2.53. The third kappa shape index (κ3) is 2.88. The molecule has 0 saturated heterocycles. The van der Waals surface area contributed by atoms with Crippen LogP contribution in [0.5, 0.6) is 0 Å². The van der Waals surface area contributed by atoms with Crippen LogP contribution in [0.3, 0.4) is 0 Å². The molecule has 0 unspecified atom stereocenters. The van der Waals surface area contributed by atoms with Crippen LogP contribution in [0.1, 0.15) is 28.2 Å². The minimum Gasteiger partial charge on any atom is -0.325 e. The maximum atomic E-state index is 5.57. The van der Waals surface area contributed by atoms with Crippen LogP contribution in [0.4, 0.5) is 0 Å². The molecule has 3 heteroatoms. The Labute approximate surface area is 102 Å². The van der Waals surface area contributed by atoms with Crippen molar-refractivity contribution in [2.75, 3.05) is 0 Å². The number of benzene rings is 1. The number of nitrogens with two attached hydrogens (primary N) is 1. The zero-order valence-corrected chi connectivity index (χ0v) is 10.3. The molecule has 0 radical (unpaired) electrons. The molecule has 0 saturated carbocycles. The van der Waals surface area contributed by atoms with Crippen molar-refractivity contribution in [3.05, 3.63) is 58.7 Å². The summed E-state index contributed by atoms with van der Waals surface area (Å²) in [5.41, 5.74) is 10.3. The Morgan fingerprint density at radius 3 is 2.65 bits per heavy atom. The zero-order valence-electron chi connectivity index (χ0n) is 10.3. The SMILES string of the molecule is Cc1ccc(Cc2nccc(CN)n2)cc1C. The van der Waals surface area contributed by atoms with Gasteiger partial charge in [-0.15, -0.1) is 0 Å². The number of hydrogen-bond acceptors (Lipinski definition) is 3. The molecule has 1 aromatic carbocycles. The number of rotatable bonds is 3. The van der Waals surface area contributed by atoms with E-state index in [9.17, 15) is 0 Å². The Hall–Kier alpha value is -1.74. The average molecular weight is 227 g/mol. The van der Waals surface area contributed by atoms with Crippen LogP contribution in [0, 0.1) is 13.8 Å². The van der Waals surface area contributed by atoms with E-state index in [0.717, 1.165) is 17.9 Å². The van der Waals surface area contributed by atoms with Gasteiger partial charge in [0, 0.05) is 19.2 Å². The topological polar surface area (TPSA) is 51.8 Å². The summed E-state index contributed by atoms with van der Waals surface area (Å²) in [5.74, 6) is 0.830. The van der Waals surface area contributed by atoms with Gasteiger partial charge in [-0.3, -0.25) is 0 Å². The van der Waals surface area contributed by atoms with Gasteiger partial charge in [0.1, 0.15) is 5.82 Å². The molecule has 0 fully saturated rings. The molecule has 1 aromatic heterocycles. The number of aryl methyl sites for hydroxylation is 2. The quantitative estimate of drug-likeness (QED) is 0.874. The highest BCUT2D eigenvalue weighted by Gasteiger charge is 2.02. The van der Waals surface area contributed by atoms with E-state index in [0.29, 0.717) is 6.54 Å². The van der Waals surface area contributed by atoms with E-state index in [1.165, 1.54) is 16.7 Å². The maximum Gasteiger partial charge on any atom is 0.132 e. The lowest BCUT2D eigenvalue weighted by Crippen LogP contribution is -2.04. The largest absolute Gasteiger partial charge is 0.325 e. The molecule has 0 bridgehead atoms. The molecule has 2 N–H and O–H groups in total. The van der Waals surface area contributed by atoms with E-state index in [-0.39, 0.29) is 0 Å². The summed E-state index contributed by atoms with van der Waals surface area (Å²) in [6, 6.07) is 8.30. The third-order valence-electron chi connectivity index (χ3n) is 2.91. The van der Waals surface area contributed by atoms with Crippen molar-refractivity contribution in [2.24, 2.45) is 5.73 Å². The van der Waals surface area contributed by atoms with Gasteiger partial charge < -0.3 is 5.73 Å². The summed E-state index contributed by atoms with van der Waals surface area (Å²) in [7, 11) is 0. The van der Waals surface area contributed by atoms with Crippen molar-refractivity contribution in [3.8, 4) is 0 Å². The molecule has 0 aliphatic carbocycles. The zero-order chi connectivity index (χ0) is 12.3. The number of aromatic nitrogens is 2. The lowest BCUT2D eigenvalue weighted by molar-refractivity contribution is 0.890. The number of hydrogen-bond donors (Lipinski definition) is 1. The summed E-state index contributed by atoms with van der Waals surface area (Å²) in [6.45, 7) is 4.70. The third-order valence-corrected chi connectivity index (χ3v) is 2.91. The Bertz CT molecular complexity index is 521. The first kappa shape index (κ1) is 11.7. The second-order valence-corrected chi connectivity index (χ2v) is 4.26. The minimum absolute atomic E-state index is 0.461. The molecular formula is C14H17N3. The van der Waals surface area contributed by atoms with Gasteiger partial charge in [-0.1, -0.05) is 18.2 Å². The smallest absolute Gasteiger partial charge is 0.132 e. The van der Waals surface area contributed by atoms with Crippen molar-refractivity contribution in [3.63, 3.8) is 0 Å². The van der Waals surface area contributed by atoms with Gasteiger partial charge in [0.15, 0.2) is 0 Å². The van der Waals surface area contributed by atoms with E-state index in [1.807, 2.05) is 6.07 Å². The predicted octanol–water partition coefficient (Wildman–Crippen LogP) is 2.14. The molecule has 1 heterocycles. The fourth-order valence-corrected chi connectivity index (χ4v) is 1.74. The summed E-state index contributed by atoms with van der Waals surface area (Å²) >= 11 is 0. The van der Waals surface area contributed by atoms with Crippen LogP contribution in [0.15, 0.2) is 30.5 Å². The Kier molecular flexibility index (Phi) is 3.49. The normalized spacial score (nSPS) is 10.5. The lowest BCUT2D eigenvalue weighted by atomic mass is 10.0. The van der Waals surface area contributed by atoms with Crippen molar-refractivity contribution in [2.45, 2.75) is 26.8 Å².